The topological polar surface area (TPSA) is 100 Å². The number of hydrogen-bond acceptors (Lipinski definition) is 6. The van der Waals surface area contributed by atoms with Gasteiger partial charge in [-0.25, -0.2) is 9.97 Å². The van der Waals surface area contributed by atoms with Crippen molar-refractivity contribution in [2.45, 2.75) is 39.1 Å². The number of benzene rings is 2. The molecule has 0 saturated heterocycles. The molecular formula is C28H26F3N5O2. The van der Waals surface area contributed by atoms with Crippen molar-refractivity contribution in [1.82, 2.24) is 20.3 Å². The molecule has 4 aromatic rings. The molecule has 0 saturated carbocycles. The Bertz CT molecular complexity index is 1420. The number of carbonyl (C=O) groups excluding carboxylic acids is 1. The van der Waals surface area contributed by atoms with Crippen LogP contribution in [-0.2, 0) is 18.3 Å². The van der Waals surface area contributed by atoms with E-state index < -0.39 is 23.2 Å². The third kappa shape index (κ3) is 6.51. The van der Waals surface area contributed by atoms with Crippen LogP contribution in [0.15, 0.2) is 73.2 Å². The molecule has 0 radical (unpaired) electrons. The number of nitrogens with one attached hydrogen (secondary N) is 2. The fourth-order valence-electron chi connectivity index (χ4n) is 3.71. The summed E-state index contributed by atoms with van der Waals surface area (Å²) in [7, 11) is 0. The maximum Gasteiger partial charge on any atom is 0.416 e. The first kappa shape index (κ1) is 26.7. The molecule has 0 aliphatic rings. The summed E-state index contributed by atoms with van der Waals surface area (Å²) < 4.78 is 40.2. The minimum absolute atomic E-state index is 0.104. The molecule has 0 fully saturated rings. The number of aromatic nitrogens is 3. The van der Waals surface area contributed by atoms with E-state index in [2.05, 4.69) is 25.6 Å². The van der Waals surface area contributed by atoms with Crippen molar-refractivity contribution in [3.05, 3.63) is 101 Å². The Morgan fingerprint density at radius 3 is 2.45 bits per heavy atom. The smallest absolute Gasteiger partial charge is 0.386 e. The zero-order valence-corrected chi connectivity index (χ0v) is 21.0. The predicted molar refractivity (Wildman–Crippen MR) is 138 cm³/mol. The fraction of sp³-hybridized carbons (Fsp3) is 0.214. The van der Waals surface area contributed by atoms with Crippen LogP contribution in [-0.4, -0.2) is 26.0 Å². The lowest BCUT2D eigenvalue weighted by molar-refractivity contribution is -0.137. The molecule has 0 unspecified atom stereocenters. The summed E-state index contributed by atoms with van der Waals surface area (Å²) in [6.07, 6.45) is 0.384. The average molecular weight is 522 g/mol. The largest absolute Gasteiger partial charge is 0.416 e. The third-order valence-electron chi connectivity index (χ3n) is 5.84. The number of nitrogens with zero attached hydrogens (tertiary/aromatic N) is 3. The van der Waals surface area contributed by atoms with E-state index in [0.717, 1.165) is 23.3 Å². The molecule has 1 amide bonds. The summed E-state index contributed by atoms with van der Waals surface area (Å²) in [6, 6.07) is 13.8. The van der Waals surface area contributed by atoms with Crippen molar-refractivity contribution in [3.63, 3.8) is 0 Å². The highest BCUT2D eigenvalue weighted by atomic mass is 19.4. The number of carbonyl (C=O) groups is 1. The molecule has 196 valence electrons. The van der Waals surface area contributed by atoms with Crippen LogP contribution >= 0.6 is 0 Å². The van der Waals surface area contributed by atoms with E-state index in [0.29, 0.717) is 22.9 Å². The van der Waals surface area contributed by atoms with Crippen molar-refractivity contribution >= 4 is 17.5 Å². The Kier molecular flexibility index (Phi) is 7.45. The first-order valence-electron chi connectivity index (χ1n) is 11.7. The average Bonchev–Trinajstić information content (AvgIpc) is 2.88. The van der Waals surface area contributed by atoms with Gasteiger partial charge in [-0.05, 0) is 79.9 Å². The molecule has 2 aromatic carbocycles. The molecule has 7 nitrogen and oxygen atoms in total. The van der Waals surface area contributed by atoms with Crippen molar-refractivity contribution in [2.24, 2.45) is 0 Å². The SMILES string of the molecule is Cc1ccc(C(=O)NCc2cc(C(C)(C)O)cc(C(F)(F)F)c2)cc1Nc1nccc(-c2cccnc2)n1. The molecule has 10 heteroatoms. The summed E-state index contributed by atoms with van der Waals surface area (Å²) in [5.74, 6) is -0.143. The Morgan fingerprint density at radius 1 is 1.00 bits per heavy atom. The Labute approximate surface area is 217 Å². The molecule has 0 atom stereocenters. The van der Waals surface area contributed by atoms with Gasteiger partial charge in [0.15, 0.2) is 0 Å². The van der Waals surface area contributed by atoms with Gasteiger partial charge in [0.2, 0.25) is 5.95 Å². The van der Waals surface area contributed by atoms with Crippen molar-refractivity contribution in [1.29, 1.82) is 0 Å². The van der Waals surface area contributed by atoms with Crippen LogP contribution in [0, 0.1) is 6.92 Å². The van der Waals surface area contributed by atoms with Gasteiger partial charge in [0, 0.05) is 41.9 Å². The standard InChI is InChI=1S/C28H26F3N5O2/c1-17-6-7-19(13-24(17)36-26-33-10-8-23(35-26)20-5-4-9-32-16-20)25(37)34-15-18-11-21(27(2,3)38)14-22(12-18)28(29,30)31/h4-14,16,38H,15H2,1-3H3,(H,34,37)(H,33,35,36). The van der Waals surface area contributed by atoms with E-state index in [1.165, 1.54) is 19.9 Å². The third-order valence-corrected chi connectivity index (χ3v) is 5.84. The van der Waals surface area contributed by atoms with Crippen molar-refractivity contribution in [2.75, 3.05) is 5.32 Å². The zero-order valence-electron chi connectivity index (χ0n) is 21.0. The lowest BCUT2D eigenvalue weighted by atomic mass is 9.94. The van der Waals surface area contributed by atoms with Crippen LogP contribution in [0.5, 0.6) is 0 Å². The second-order valence-corrected chi connectivity index (χ2v) is 9.32. The number of rotatable bonds is 7. The number of amides is 1. The number of aliphatic hydroxyl groups is 1. The molecule has 4 rings (SSSR count). The molecule has 2 aromatic heterocycles. The number of aryl methyl sites for hydroxylation is 1. The van der Waals surface area contributed by atoms with Crippen molar-refractivity contribution in [3.8, 4) is 11.3 Å². The van der Waals surface area contributed by atoms with Gasteiger partial charge in [-0.3, -0.25) is 9.78 Å². The predicted octanol–water partition coefficient (Wildman–Crippen LogP) is 5.77. The highest BCUT2D eigenvalue weighted by Gasteiger charge is 2.32. The normalized spacial score (nSPS) is 11.8. The van der Waals surface area contributed by atoms with Crippen LogP contribution in [0.25, 0.3) is 11.3 Å². The highest BCUT2D eigenvalue weighted by molar-refractivity contribution is 5.95. The first-order valence-corrected chi connectivity index (χ1v) is 11.7. The van der Waals surface area contributed by atoms with E-state index in [-0.39, 0.29) is 17.7 Å². The van der Waals surface area contributed by atoms with Gasteiger partial charge in [0.1, 0.15) is 0 Å². The number of alkyl halides is 3. The van der Waals surface area contributed by atoms with E-state index >= 15 is 0 Å². The number of anilines is 2. The van der Waals surface area contributed by atoms with E-state index in [9.17, 15) is 23.1 Å². The van der Waals surface area contributed by atoms with Crippen LogP contribution in [0.2, 0.25) is 0 Å². The second-order valence-electron chi connectivity index (χ2n) is 9.32. The van der Waals surface area contributed by atoms with E-state index in [4.69, 9.17) is 0 Å². The summed E-state index contributed by atoms with van der Waals surface area (Å²) in [4.78, 5) is 25.8. The maximum atomic E-state index is 13.4. The molecule has 0 aliphatic heterocycles. The van der Waals surface area contributed by atoms with E-state index in [1.807, 2.05) is 19.1 Å². The fourth-order valence-corrected chi connectivity index (χ4v) is 3.71. The van der Waals surface area contributed by atoms with Gasteiger partial charge in [0.25, 0.3) is 5.91 Å². The van der Waals surface area contributed by atoms with Gasteiger partial charge >= 0.3 is 6.18 Å². The Hall–Kier alpha value is -4.31. The Morgan fingerprint density at radius 2 is 1.76 bits per heavy atom. The summed E-state index contributed by atoms with van der Waals surface area (Å²) in [5.41, 5.74) is 1.19. The number of halogens is 3. The lowest BCUT2D eigenvalue weighted by Crippen LogP contribution is -2.24. The highest BCUT2D eigenvalue weighted by Crippen LogP contribution is 2.33. The second kappa shape index (κ2) is 10.6. The van der Waals surface area contributed by atoms with Gasteiger partial charge in [0.05, 0.1) is 16.9 Å². The molecule has 38 heavy (non-hydrogen) atoms. The number of hydrogen-bond donors (Lipinski definition) is 3. The quantitative estimate of drug-likeness (QED) is 0.286. The van der Waals surface area contributed by atoms with Gasteiger partial charge in [-0.2, -0.15) is 13.2 Å². The van der Waals surface area contributed by atoms with Crippen LogP contribution in [0.4, 0.5) is 24.8 Å². The monoisotopic (exact) mass is 521 g/mol. The van der Waals surface area contributed by atoms with Crippen molar-refractivity contribution < 1.29 is 23.1 Å². The van der Waals surface area contributed by atoms with E-state index in [1.54, 1.807) is 42.9 Å². The minimum atomic E-state index is -4.59. The van der Waals surface area contributed by atoms with Crippen LogP contribution < -0.4 is 10.6 Å². The zero-order chi connectivity index (χ0) is 27.5. The first-order chi connectivity index (χ1) is 17.9. The summed E-state index contributed by atoms with van der Waals surface area (Å²) in [5, 5.41) is 16.0. The summed E-state index contributed by atoms with van der Waals surface area (Å²) >= 11 is 0. The van der Waals surface area contributed by atoms with Crippen LogP contribution in [0.3, 0.4) is 0 Å². The van der Waals surface area contributed by atoms with Gasteiger partial charge in [-0.15, -0.1) is 0 Å². The molecule has 0 spiro atoms. The Balaban J connectivity index is 1.52. The molecule has 0 bridgehead atoms. The van der Waals surface area contributed by atoms with Gasteiger partial charge < -0.3 is 15.7 Å². The molecule has 0 aliphatic carbocycles. The maximum absolute atomic E-state index is 13.4. The summed E-state index contributed by atoms with van der Waals surface area (Å²) in [6.45, 7) is 4.51. The minimum Gasteiger partial charge on any atom is -0.386 e. The van der Waals surface area contributed by atoms with Gasteiger partial charge in [-0.1, -0.05) is 12.1 Å². The molecular weight excluding hydrogens is 495 g/mol. The molecule has 2 heterocycles. The lowest BCUT2D eigenvalue weighted by Gasteiger charge is -2.21. The number of pyridine rings is 1. The van der Waals surface area contributed by atoms with Crippen LogP contribution in [0.1, 0.15) is 46.5 Å². The molecule has 3 N–H and O–H groups in total.